The molecule has 1 aromatic carbocycles. The van der Waals surface area contributed by atoms with Crippen LogP contribution in [0.1, 0.15) is 46.1 Å². The number of aliphatic hydroxyl groups is 2. The molecular formula is C21H35NO5. The van der Waals surface area contributed by atoms with Crippen molar-refractivity contribution in [3.63, 3.8) is 0 Å². The lowest BCUT2D eigenvalue weighted by Gasteiger charge is -2.27. The van der Waals surface area contributed by atoms with Gasteiger partial charge in [0.2, 0.25) is 6.04 Å². The Kier molecular flexibility index (Phi) is 10.5. The molecule has 0 heterocycles. The molecule has 1 aromatic rings. The van der Waals surface area contributed by atoms with E-state index in [4.69, 9.17) is 4.74 Å². The summed E-state index contributed by atoms with van der Waals surface area (Å²) >= 11 is 0. The fourth-order valence-corrected chi connectivity index (χ4v) is 3.15. The minimum Gasteiger partial charge on any atom is -0.396 e. The lowest BCUT2D eigenvalue weighted by Crippen LogP contribution is -2.39. The molecule has 0 saturated heterocycles. The van der Waals surface area contributed by atoms with Crippen LogP contribution >= 0.6 is 0 Å². The summed E-state index contributed by atoms with van der Waals surface area (Å²) in [5.74, 6) is 0.195. The highest BCUT2D eigenvalue weighted by atomic mass is 16.6. The van der Waals surface area contributed by atoms with Crippen LogP contribution < -0.4 is 0 Å². The van der Waals surface area contributed by atoms with E-state index in [0.29, 0.717) is 19.6 Å². The van der Waals surface area contributed by atoms with Crippen LogP contribution in [0.4, 0.5) is 0 Å². The smallest absolute Gasteiger partial charge is 0.238 e. The standard InChI is InChI=1S/C21H35NO5/c1-15(2)18(12-23)10-20(22(25)26)21(24)11-19(16(3)4)14-27-13-17-8-6-5-7-9-17/h5-9,15-16,18-21,23-24H,10-14H2,1-4H3/t18-,19-,20?,21+/m1/s1. The van der Waals surface area contributed by atoms with Gasteiger partial charge in [-0.2, -0.15) is 0 Å². The van der Waals surface area contributed by atoms with Gasteiger partial charge >= 0.3 is 0 Å². The molecule has 0 aliphatic rings. The van der Waals surface area contributed by atoms with Crippen LogP contribution in [-0.4, -0.2) is 40.5 Å². The third-order valence-electron chi connectivity index (χ3n) is 5.37. The maximum Gasteiger partial charge on any atom is 0.238 e. The molecule has 6 nitrogen and oxygen atoms in total. The van der Waals surface area contributed by atoms with Crippen LogP contribution in [0.3, 0.4) is 0 Å². The molecule has 154 valence electrons. The molecule has 27 heavy (non-hydrogen) atoms. The van der Waals surface area contributed by atoms with Crippen LogP contribution in [0, 0.1) is 33.8 Å². The molecule has 6 heteroatoms. The summed E-state index contributed by atoms with van der Waals surface area (Å²) in [7, 11) is 0. The summed E-state index contributed by atoms with van der Waals surface area (Å²) in [4.78, 5) is 11.1. The first-order valence-electron chi connectivity index (χ1n) is 9.80. The second-order valence-electron chi connectivity index (χ2n) is 8.08. The van der Waals surface area contributed by atoms with Crippen LogP contribution in [0.5, 0.6) is 0 Å². The molecule has 0 aliphatic carbocycles. The summed E-state index contributed by atoms with van der Waals surface area (Å²) < 4.78 is 5.80. The summed E-state index contributed by atoms with van der Waals surface area (Å²) in [6.07, 6.45) is -0.563. The number of nitro groups is 1. The molecule has 1 unspecified atom stereocenters. The van der Waals surface area contributed by atoms with Crippen molar-refractivity contribution in [3.8, 4) is 0 Å². The number of hydrogen-bond acceptors (Lipinski definition) is 5. The summed E-state index contributed by atoms with van der Waals surface area (Å²) in [5, 5.41) is 31.5. The number of ether oxygens (including phenoxy) is 1. The first-order chi connectivity index (χ1) is 12.8. The topological polar surface area (TPSA) is 92.8 Å². The molecule has 0 aliphatic heterocycles. The van der Waals surface area contributed by atoms with Gasteiger partial charge in [0.15, 0.2) is 0 Å². The SMILES string of the molecule is CC(C)[C@@H](CO)CC([C@@H](O)C[C@H](COCc1ccccc1)C(C)C)[N+](=O)[O-]. The number of nitrogens with zero attached hydrogens (tertiary/aromatic N) is 1. The third-order valence-corrected chi connectivity index (χ3v) is 5.37. The normalized spacial score (nSPS) is 16.3. The number of aliphatic hydroxyl groups excluding tert-OH is 2. The zero-order valence-corrected chi connectivity index (χ0v) is 17.0. The molecule has 4 atom stereocenters. The lowest BCUT2D eigenvalue weighted by molar-refractivity contribution is -0.537. The monoisotopic (exact) mass is 381 g/mol. The van der Waals surface area contributed by atoms with Crippen molar-refractivity contribution in [2.75, 3.05) is 13.2 Å². The second-order valence-corrected chi connectivity index (χ2v) is 8.08. The Morgan fingerprint density at radius 1 is 1.04 bits per heavy atom. The lowest BCUT2D eigenvalue weighted by atomic mass is 9.84. The Bertz CT molecular complexity index is 535. The Morgan fingerprint density at radius 2 is 1.63 bits per heavy atom. The van der Waals surface area contributed by atoms with Crippen molar-refractivity contribution < 1.29 is 19.9 Å². The number of hydrogen-bond donors (Lipinski definition) is 2. The molecule has 0 spiro atoms. The van der Waals surface area contributed by atoms with Gasteiger partial charge in [0.05, 0.1) is 13.2 Å². The van der Waals surface area contributed by atoms with E-state index in [1.165, 1.54) is 0 Å². The van der Waals surface area contributed by atoms with Gasteiger partial charge in [-0.1, -0.05) is 58.0 Å². The zero-order valence-electron chi connectivity index (χ0n) is 17.0. The van der Waals surface area contributed by atoms with Gasteiger partial charge in [-0.25, -0.2) is 0 Å². The highest BCUT2D eigenvalue weighted by Crippen LogP contribution is 2.25. The fraction of sp³-hybridized carbons (Fsp3) is 0.714. The second kappa shape index (κ2) is 12.1. The minimum absolute atomic E-state index is 0.0257. The van der Waals surface area contributed by atoms with Crippen LogP contribution in [0.15, 0.2) is 30.3 Å². The predicted molar refractivity (Wildman–Crippen MR) is 106 cm³/mol. The molecule has 0 saturated carbocycles. The van der Waals surface area contributed by atoms with E-state index in [9.17, 15) is 20.3 Å². The van der Waals surface area contributed by atoms with Crippen molar-refractivity contribution in [3.05, 3.63) is 46.0 Å². The van der Waals surface area contributed by atoms with Crippen molar-refractivity contribution in [2.24, 2.45) is 23.7 Å². The average molecular weight is 382 g/mol. The maximum absolute atomic E-state index is 11.5. The Hall–Kier alpha value is -1.50. The van der Waals surface area contributed by atoms with Gasteiger partial charge in [0.1, 0.15) is 6.10 Å². The van der Waals surface area contributed by atoms with Crippen molar-refractivity contribution in [1.29, 1.82) is 0 Å². The van der Waals surface area contributed by atoms with Crippen molar-refractivity contribution >= 4 is 0 Å². The summed E-state index contributed by atoms with van der Waals surface area (Å²) in [6, 6.07) is 8.77. The van der Waals surface area contributed by atoms with Gasteiger partial charge in [-0.15, -0.1) is 0 Å². The largest absolute Gasteiger partial charge is 0.396 e. The quantitative estimate of drug-likeness (QED) is 0.403. The van der Waals surface area contributed by atoms with E-state index < -0.39 is 17.1 Å². The van der Waals surface area contributed by atoms with Crippen LogP contribution in [-0.2, 0) is 11.3 Å². The predicted octanol–water partition coefficient (Wildman–Crippen LogP) is 3.53. The molecule has 0 fully saturated rings. The highest BCUT2D eigenvalue weighted by molar-refractivity contribution is 5.13. The Labute approximate surface area is 162 Å². The molecule has 0 radical (unpaired) electrons. The highest BCUT2D eigenvalue weighted by Gasteiger charge is 2.35. The molecule has 2 N–H and O–H groups in total. The number of rotatable bonds is 13. The average Bonchev–Trinajstić information content (AvgIpc) is 2.61. The Morgan fingerprint density at radius 3 is 2.11 bits per heavy atom. The molecule has 0 bridgehead atoms. The first kappa shape index (κ1) is 23.5. The molecule has 0 aromatic heterocycles. The third kappa shape index (κ3) is 8.37. The van der Waals surface area contributed by atoms with Gasteiger partial charge in [0.25, 0.3) is 0 Å². The first-order valence-corrected chi connectivity index (χ1v) is 9.80. The van der Waals surface area contributed by atoms with Crippen molar-refractivity contribution in [1.82, 2.24) is 0 Å². The van der Waals surface area contributed by atoms with E-state index >= 15 is 0 Å². The zero-order chi connectivity index (χ0) is 20.4. The van der Waals surface area contributed by atoms with Gasteiger partial charge in [-0.3, -0.25) is 10.1 Å². The van der Waals surface area contributed by atoms with Gasteiger partial charge in [0, 0.05) is 18.0 Å². The maximum atomic E-state index is 11.5. The van der Waals surface area contributed by atoms with Gasteiger partial charge in [-0.05, 0) is 35.7 Å². The van der Waals surface area contributed by atoms with E-state index in [1.807, 2.05) is 58.0 Å². The van der Waals surface area contributed by atoms with E-state index in [0.717, 1.165) is 5.56 Å². The number of benzene rings is 1. The fourth-order valence-electron chi connectivity index (χ4n) is 3.15. The van der Waals surface area contributed by atoms with Crippen molar-refractivity contribution in [2.45, 2.75) is 59.3 Å². The van der Waals surface area contributed by atoms with Crippen LogP contribution in [0.2, 0.25) is 0 Å². The molecular weight excluding hydrogens is 346 g/mol. The van der Waals surface area contributed by atoms with E-state index in [-0.39, 0.29) is 36.7 Å². The molecule has 0 amide bonds. The Balaban J connectivity index is 2.65. The van der Waals surface area contributed by atoms with Gasteiger partial charge < -0.3 is 14.9 Å². The van der Waals surface area contributed by atoms with E-state index in [1.54, 1.807) is 0 Å². The van der Waals surface area contributed by atoms with Crippen LogP contribution in [0.25, 0.3) is 0 Å². The summed E-state index contributed by atoms with van der Waals surface area (Å²) in [6.45, 7) is 8.75. The minimum atomic E-state index is -1.07. The summed E-state index contributed by atoms with van der Waals surface area (Å²) in [5.41, 5.74) is 1.08. The molecule has 1 rings (SSSR count). The van der Waals surface area contributed by atoms with E-state index in [2.05, 4.69) is 0 Å².